The van der Waals surface area contributed by atoms with Crippen LogP contribution >= 0.6 is 0 Å². The van der Waals surface area contributed by atoms with Gasteiger partial charge in [0.25, 0.3) is 0 Å². The zero-order valence-corrected chi connectivity index (χ0v) is 24.6. The Bertz CT molecular complexity index is 1840. The minimum Gasteiger partial charge on any atom is -0.497 e. The minimum absolute atomic E-state index is 0.611. The van der Waals surface area contributed by atoms with Crippen molar-refractivity contribution in [2.24, 2.45) is 0 Å². The van der Waals surface area contributed by atoms with Gasteiger partial charge in [-0.05, 0) is 92.0 Å². The third-order valence-electron chi connectivity index (χ3n) is 8.83. The van der Waals surface area contributed by atoms with Gasteiger partial charge in [-0.3, -0.25) is 0 Å². The fraction of sp³-hybridized carbons (Fsp3) is 0.100. The van der Waals surface area contributed by atoms with Gasteiger partial charge in [0.1, 0.15) is 22.7 Å². The van der Waals surface area contributed by atoms with Gasteiger partial charge in [-0.25, -0.2) is 0 Å². The highest BCUT2D eigenvalue weighted by Gasteiger charge is 2.51. The van der Waals surface area contributed by atoms with Crippen LogP contribution in [0.4, 0.5) is 0 Å². The molecule has 1 aliphatic carbocycles. The average molecular weight is 577 g/mol. The molecule has 6 aromatic rings. The van der Waals surface area contributed by atoms with Crippen molar-refractivity contribution in [1.82, 2.24) is 0 Å². The second kappa shape index (κ2) is 10.8. The Balaban J connectivity index is 1.57. The molecule has 0 spiro atoms. The molecule has 0 unspecified atom stereocenters. The average Bonchev–Trinajstić information content (AvgIpc) is 3.11. The summed E-state index contributed by atoms with van der Waals surface area (Å²) < 4.78 is 10.9. The second-order valence-corrected chi connectivity index (χ2v) is 11.1. The summed E-state index contributed by atoms with van der Waals surface area (Å²) in [5.74, 6) is 1.39. The van der Waals surface area contributed by atoms with Gasteiger partial charge in [0, 0.05) is 0 Å². The molecule has 0 saturated heterocycles. The molecule has 0 saturated carbocycles. The molecule has 0 amide bonds. The molecule has 4 nitrogen and oxygen atoms in total. The van der Waals surface area contributed by atoms with Gasteiger partial charge in [0.05, 0.1) is 14.2 Å². The molecule has 216 valence electrons. The van der Waals surface area contributed by atoms with E-state index in [9.17, 15) is 10.2 Å². The fourth-order valence-corrected chi connectivity index (χ4v) is 6.52. The van der Waals surface area contributed by atoms with Crippen molar-refractivity contribution in [3.8, 4) is 33.8 Å². The molecular formula is C40H32O4. The van der Waals surface area contributed by atoms with Crippen molar-refractivity contribution in [2.75, 3.05) is 14.2 Å². The zero-order valence-electron chi connectivity index (χ0n) is 24.6. The molecule has 0 aromatic heterocycles. The van der Waals surface area contributed by atoms with Crippen LogP contribution in [-0.4, -0.2) is 24.4 Å². The van der Waals surface area contributed by atoms with Gasteiger partial charge in [0.15, 0.2) is 0 Å². The molecule has 0 heterocycles. The Morgan fingerprint density at radius 3 is 1.11 bits per heavy atom. The van der Waals surface area contributed by atoms with Crippen LogP contribution in [0.25, 0.3) is 22.3 Å². The first-order chi connectivity index (χ1) is 21.5. The zero-order chi connectivity index (χ0) is 30.3. The predicted octanol–water partition coefficient (Wildman–Crippen LogP) is 7.92. The standard InChI is InChI=1S/C40H32O4/c1-43-33-19-15-31(16-20-33)39(41)35-23-13-29(27-9-5-3-6-10-27)25-37(35)40(42,32-17-21-34(44-2)22-18-32)38-26-30(14-24-36(38)39)28-11-7-4-8-12-28/h3-26,41-42H,1-2H3. The maximum Gasteiger partial charge on any atom is 0.141 e. The van der Waals surface area contributed by atoms with Crippen molar-refractivity contribution in [1.29, 1.82) is 0 Å². The van der Waals surface area contributed by atoms with E-state index in [4.69, 9.17) is 9.47 Å². The van der Waals surface area contributed by atoms with E-state index >= 15 is 0 Å². The van der Waals surface area contributed by atoms with Gasteiger partial charge >= 0.3 is 0 Å². The van der Waals surface area contributed by atoms with Crippen LogP contribution in [0.2, 0.25) is 0 Å². The summed E-state index contributed by atoms with van der Waals surface area (Å²) in [6, 6.07) is 47.1. The van der Waals surface area contributed by atoms with Gasteiger partial charge in [0.2, 0.25) is 0 Å². The van der Waals surface area contributed by atoms with Crippen molar-refractivity contribution in [3.63, 3.8) is 0 Å². The first-order valence-corrected chi connectivity index (χ1v) is 14.6. The summed E-state index contributed by atoms with van der Waals surface area (Å²) in [7, 11) is 3.25. The highest BCUT2D eigenvalue weighted by molar-refractivity contribution is 5.75. The highest BCUT2D eigenvalue weighted by atomic mass is 16.5. The van der Waals surface area contributed by atoms with Crippen molar-refractivity contribution < 1.29 is 19.7 Å². The molecule has 0 bridgehead atoms. The molecule has 2 N–H and O–H groups in total. The van der Waals surface area contributed by atoms with Crippen LogP contribution in [-0.2, 0) is 11.2 Å². The molecule has 4 heteroatoms. The van der Waals surface area contributed by atoms with E-state index < -0.39 is 11.2 Å². The molecule has 0 atom stereocenters. The van der Waals surface area contributed by atoms with Gasteiger partial charge in [-0.1, -0.05) is 109 Å². The van der Waals surface area contributed by atoms with Crippen molar-refractivity contribution in [2.45, 2.75) is 11.2 Å². The summed E-state index contributed by atoms with van der Waals surface area (Å²) in [6.45, 7) is 0. The first-order valence-electron chi connectivity index (χ1n) is 14.6. The summed E-state index contributed by atoms with van der Waals surface area (Å²) in [4.78, 5) is 0. The molecule has 7 rings (SSSR count). The van der Waals surface area contributed by atoms with E-state index in [1.54, 1.807) is 14.2 Å². The van der Waals surface area contributed by atoms with Crippen LogP contribution in [0, 0.1) is 0 Å². The van der Waals surface area contributed by atoms with E-state index in [0.29, 0.717) is 44.9 Å². The number of ether oxygens (including phenoxy) is 2. The van der Waals surface area contributed by atoms with E-state index in [1.165, 1.54) is 0 Å². The number of rotatable bonds is 6. The number of aliphatic hydroxyl groups is 2. The topological polar surface area (TPSA) is 58.9 Å². The van der Waals surface area contributed by atoms with E-state index in [-0.39, 0.29) is 0 Å². The summed E-state index contributed by atoms with van der Waals surface area (Å²) in [5.41, 5.74) is 4.57. The summed E-state index contributed by atoms with van der Waals surface area (Å²) in [5, 5.41) is 26.3. The molecule has 6 aromatic carbocycles. The summed E-state index contributed by atoms with van der Waals surface area (Å²) in [6.07, 6.45) is 0. The molecule has 1 aliphatic rings. The fourth-order valence-electron chi connectivity index (χ4n) is 6.52. The lowest BCUT2D eigenvalue weighted by Gasteiger charge is -2.45. The van der Waals surface area contributed by atoms with Gasteiger partial charge in [-0.15, -0.1) is 0 Å². The van der Waals surface area contributed by atoms with Crippen LogP contribution in [0.15, 0.2) is 146 Å². The molecule has 0 aliphatic heterocycles. The van der Waals surface area contributed by atoms with Crippen LogP contribution in [0.5, 0.6) is 11.5 Å². The maximum absolute atomic E-state index is 13.2. The van der Waals surface area contributed by atoms with Crippen molar-refractivity contribution >= 4 is 0 Å². The number of methoxy groups -OCH3 is 2. The van der Waals surface area contributed by atoms with E-state index in [1.807, 2.05) is 146 Å². The molecule has 0 radical (unpaired) electrons. The van der Waals surface area contributed by atoms with E-state index in [2.05, 4.69) is 0 Å². The lowest BCUT2D eigenvalue weighted by atomic mass is 9.63. The van der Waals surface area contributed by atoms with Crippen LogP contribution in [0.3, 0.4) is 0 Å². The Morgan fingerprint density at radius 1 is 0.386 bits per heavy atom. The Hall–Kier alpha value is -5.16. The monoisotopic (exact) mass is 576 g/mol. The number of hydrogen-bond acceptors (Lipinski definition) is 4. The SMILES string of the molecule is COc1ccc(C2(O)c3ccc(-c4ccccc4)cc3C(O)(c3ccc(OC)cc3)c3cc(-c4ccccc4)ccc32)cc1. The second-order valence-electron chi connectivity index (χ2n) is 11.1. The van der Waals surface area contributed by atoms with Crippen LogP contribution in [0.1, 0.15) is 33.4 Å². The smallest absolute Gasteiger partial charge is 0.141 e. The third-order valence-corrected chi connectivity index (χ3v) is 8.83. The quantitative estimate of drug-likeness (QED) is 0.212. The largest absolute Gasteiger partial charge is 0.497 e. The van der Waals surface area contributed by atoms with Gasteiger partial charge in [-0.2, -0.15) is 0 Å². The highest BCUT2D eigenvalue weighted by Crippen LogP contribution is 2.54. The first kappa shape index (κ1) is 27.7. The Morgan fingerprint density at radius 2 is 0.750 bits per heavy atom. The van der Waals surface area contributed by atoms with Crippen LogP contribution < -0.4 is 9.47 Å². The lowest BCUT2D eigenvalue weighted by molar-refractivity contribution is 0.0748. The third kappa shape index (κ3) is 4.31. The molecular weight excluding hydrogens is 544 g/mol. The number of hydrogen-bond donors (Lipinski definition) is 2. The summed E-state index contributed by atoms with van der Waals surface area (Å²) >= 11 is 0. The minimum atomic E-state index is -1.59. The molecule has 44 heavy (non-hydrogen) atoms. The normalized spacial score (nSPS) is 18.6. The maximum atomic E-state index is 13.2. The van der Waals surface area contributed by atoms with Crippen molar-refractivity contribution in [3.05, 3.63) is 179 Å². The molecule has 0 fully saturated rings. The number of fused-ring (bicyclic) bond motifs is 2. The van der Waals surface area contributed by atoms with Gasteiger partial charge < -0.3 is 19.7 Å². The Labute approximate surface area is 257 Å². The lowest BCUT2D eigenvalue weighted by Crippen LogP contribution is -2.44. The van der Waals surface area contributed by atoms with E-state index in [0.717, 1.165) is 22.3 Å². The number of benzene rings is 6. The Kier molecular flexibility index (Phi) is 6.81. The predicted molar refractivity (Wildman–Crippen MR) is 174 cm³/mol.